The predicted molar refractivity (Wildman–Crippen MR) is 57.5 cm³/mol. The van der Waals surface area contributed by atoms with Gasteiger partial charge in [0.05, 0.1) is 0 Å². The summed E-state index contributed by atoms with van der Waals surface area (Å²) in [4.78, 5) is 14.9. The summed E-state index contributed by atoms with van der Waals surface area (Å²) in [5.74, 6) is 0.935. The molecule has 0 saturated carbocycles. The zero-order chi connectivity index (χ0) is 10.3. The molecule has 5 heteroatoms. The molecule has 1 aliphatic rings. The highest BCUT2D eigenvalue weighted by Gasteiger charge is 2.24. The fraction of sp³-hybridized carbons (Fsp3) is 0.300. The van der Waals surface area contributed by atoms with Crippen LogP contribution in [0, 0.1) is 0 Å². The molecule has 0 amide bonds. The SMILES string of the molecule is NC1CN(c2ccc3nccnc3n2)C1. The van der Waals surface area contributed by atoms with E-state index in [9.17, 15) is 0 Å². The molecule has 0 spiro atoms. The molecule has 1 saturated heterocycles. The van der Waals surface area contributed by atoms with Crippen molar-refractivity contribution in [3.05, 3.63) is 24.5 Å². The third-order valence-electron chi connectivity index (χ3n) is 2.55. The first kappa shape index (κ1) is 8.55. The molecule has 3 rings (SSSR count). The smallest absolute Gasteiger partial charge is 0.180 e. The first-order valence-corrected chi connectivity index (χ1v) is 4.91. The van der Waals surface area contributed by atoms with Crippen LogP contribution in [0.5, 0.6) is 0 Å². The van der Waals surface area contributed by atoms with Gasteiger partial charge in [0, 0.05) is 31.5 Å². The Balaban J connectivity index is 1.99. The summed E-state index contributed by atoms with van der Waals surface area (Å²) in [5, 5.41) is 0. The average Bonchev–Trinajstić information content (AvgIpc) is 2.24. The van der Waals surface area contributed by atoms with Crippen molar-refractivity contribution in [2.75, 3.05) is 18.0 Å². The lowest BCUT2D eigenvalue weighted by molar-refractivity contribution is 0.515. The van der Waals surface area contributed by atoms with Crippen LogP contribution in [-0.2, 0) is 0 Å². The molecule has 0 bridgehead atoms. The largest absolute Gasteiger partial charge is 0.353 e. The van der Waals surface area contributed by atoms with Crippen LogP contribution in [0.1, 0.15) is 0 Å². The number of rotatable bonds is 1. The molecule has 76 valence electrons. The quantitative estimate of drug-likeness (QED) is 0.712. The van der Waals surface area contributed by atoms with Crippen LogP contribution in [-0.4, -0.2) is 34.1 Å². The Kier molecular flexibility index (Phi) is 1.78. The molecule has 5 nitrogen and oxygen atoms in total. The number of anilines is 1. The Morgan fingerprint density at radius 2 is 2.00 bits per heavy atom. The molecule has 15 heavy (non-hydrogen) atoms. The van der Waals surface area contributed by atoms with E-state index in [1.807, 2.05) is 12.1 Å². The van der Waals surface area contributed by atoms with Crippen LogP contribution in [0.15, 0.2) is 24.5 Å². The molecule has 0 aliphatic carbocycles. The second-order valence-electron chi connectivity index (χ2n) is 3.73. The first-order chi connectivity index (χ1) is 7.33. The zero-order valence-electron chi connectivity index (χ0n) is 8.17. The van der Waals surface area contributed by atoms with Crippen molar-refractivity contribution >= 4 is 17.0 Å². The Morgan fingerprint density at radius 1 is 1.20 bits per heavy atom. The number of pyridine rings is 1. The van der Waals surface area contributed by atoms with Gasteiger partial charge in [0.2, 0.25) is 0 Å². The maximum atomic E-state index is 5.72. The summed E-state index contributed by atoms with van der Waals surface area (Å²) in [6, 6.07) is 4.18. The minimum absolute atomic E-state index is 0.282. The van der Waals surface area contributed by atoms with E-state index in [1.54, 1.807) is 12.4 Å². The maximum absolute atomic E-state index is 5.72. The van der Waals surface area contributed by atoms with Crippen molar-refractivity contribution in [1.82, 2.24) is 15.0 Å². The Bertz CT molecular complexity index is 492. The molecule has 1 aliphatic heterocycles. The van der Waals surface area contributed by atoms with E-state index < -0.39 is 0 Å². The van der Waals surface area contributed by atoms with Gasteiger partial charge < -0.3 is 10.6 Å². The highest BCUT2D eigenvalue weighted by molar-refractivity contribution is 5.71. The fourth-order valence-electron chi connectivity index (χ4n) is 1.72. The number of aromatic nitrogens is 3. The van der Waals surface area contributed by atoms with E-state index in [4.69, 9.17) is 5.73 Å². The molecule has 0 unspecified atom stereocenters. The van der Waals surface area contributed by atoms with Crippen molar-refractivity contribution in [1.29, 1.82) is 0 Å². The van der Waals surface area contributed by atoms with Gasteiger partial charge in [-0.15, -0.1) is 0 Å². The Hall–Kier alpha value is -1.75. The lowest BCUT2D eigenvalue weighted by Crippen LogP contribution is -2.56. The lowest BCUT2D eigenvalue weighted by Gasteiger charge is -2.37. The molecular formula is C10H11N5. The fourth-order valence-corrected chi connectivity index (χ4v) is 1.72. The van der Waals surface area contributed by atoms with Crippen molar-refractivity contribution in [3.8, 4) is 0 Å². The molecule has 2 aromatic heterocycles. The normalized spacial score (nSPS) is 16.7. The monoisotopic (exact) mass is 201 g/mol. The van der Waals surface area contributed by atoms with Gasteiger partial charge in [-0.3, -0.25) is 4.98 Å². The van der Waals surface area contributed by atoms with Gasteiger partial charge in [0.25, 0.3) is 0 Å². The maximum Gasteiger partial charge on any atom is 0.180 e. The molecule has 0 atom stereocenters. The number of nitrogens with two attached hydrogens (primary N) is 1. The van der Waals surface area contributed by atoms with Gasteiger partial charge in [-0.05, 0) is 12.1 Å². The molecule has 3 heterocycles. The van der Waals surface area contributed by atoms with E-state index >= 15 is 0 Å². The predicted octanol–water partition coefficient (Wildman–Crippen LogP) is 0.172. The van der Waals surface area contributed by atoms with Gasteiger partial charge in [0.1, 0.15) is 11.3 Å². The highest BCUT2D eigenvalue weighted by Crippen LogP contribution is 2.19. The van der Waals surface area contributed by atoms with E-state index in [-0.39, 0.29) is 6.04 Å². The molecule has 0 aromatic carbocycles. The van der Waals surface area contributed by atoms with Crippen LogP contribution >= 0.6 is 0 Å². The number of hydrogen-bond acceptors (Lipinski definition) is 5. The standard InChI is InChI=1S/C10H11N5/c11-7-5-15(6-7)9-2-1-8-10(14-9)13-4-3-12-8/h1-4,7H,5-6,11H2. The number of nitrogens with zero attached hydrogens (tertiary/aromatic N) is 4. The molecule has 2 N–H and O–H groups in total. The van der Waals surface area contributed by atoms with E-state index in [1.165, 1.54) is 0 Å². The summed E-state index contributed by atoms with van der Waals surface area (Å²) in [7, 11) is 0. The van der Waals surface area contributed by atoms with Crippen LogP contribution in [0.25, 0.3) is 11.2 Å². The summed E-state index contributed by atoms with van der Waals surface area (Å²) < 4.78 is 0. The zero-order valence-corrected chi connectivity index (χ0v) is 8.17. The van der Waals surface area contributed by atoms with Crippen LogP contribution in [0.4, 0.5) is 5.82 Å². The topological polar surface area (TPSA) is 67.9 Å². The van der Waals surface area contributed by atoms with Crippen molar-refractivity contribution in [3.63, 3.8) is 0 Å². The Labute approximate surface area is 87.0 Å². The van der Waals surface area contributed by atoms with Crippen molar-refractivity contribution in [2.45, 2.75) is 6.04 Å². The summed E-state index contributed by atoms with van der Waals surface area (Å²) in [6.45, 7) is 1.75. The highest BCUT2D eigenvalue weighted by atomic mass is 15.3. The van der Waals surface area contributed by atoms with Gasteiger partial charge in [-0.1, -0.05) is 0 Å². The van der Waals surface area contributed by atoms with Crippen LogP contribution < -0.4 is 10.6 Å². The first-order valence-electron chi connectivity index (χ1n) is 4.91. The van der Waals surface area contributed by atoms with Gasteiger partial charge in [0.15, 0.2) is 5.65 Å². The van der Waals surface area contributed by atoms with E-state index in [0.29, 0.717) is 5.65 Å². The summed E-state index contributed by atoms with van der Waals surface area (Å²) in [6.07, 6.45) is 3.32. The van der Waals surface area contributed by atoms with Crippen LogP contribution in [0.2, 0.25) is 0 Å². The van der Waals surface area contributed by atoms with Crippen LogP contribution in [0.3, 0.4) is 0 Å². The third-order valence-corrected chi connectivity index (χ3v) is 2.55. The average molecular weight is 201 g/mol. The van der Waals surface area contributed by atoms with Gasteiger partial charge in [-0.25, -0.2) is 9.97 Å². The second-order valence-corrected chi connectivity index (χ2v) is 3.73. The summed E-state index contributed by atoms with van der Waals surface area (Å²) >= 11 is 0. The van der Waals surface area contributed by atoms with Gasteiger partial charge in [-0.2, -0.15) is 0 Å². The molecule has 0 radical (unpaired) electrons. The lowest BCUT2D eigenvalue weighted by atomic mass is 10.1. The Morgan fingerprint density at radius 3 is 2.80 bits per heavy atom. The second kappa shape index (κ2) is 3.13. The third kappa shape index (κ3) is 1.41. The van der Waals surface area contributed by atoms with Crippen molar-refractivity contribution in [2.24, 2.45) is 5.73 Å². The minimum Gasteiger partial charge on any atom is -0.353 e. The van der Waals surface area contributed by atoms with E-state index in [0.717, 1.165) is 24.4 Å². The minimum atomic E-state index is 0.282. The molecule has 2 aromatic rings. The summed E-state index contributed by atoms with van der Waals surface area (Å²) in [5.41, 5.74) is 7.24. The number of fused-ring (bicyclic) bond motifs is 1. The molecular weight excluding hydrogens is 190 g/mol. The number of hydrogen-bond donors (Lipinski definition) is 1. The molecule has 1 fully saturated rings. The van der Waals surface area contributed by atoms with E-state index in [2.05, 4.69) is 19.9 Å². The van der Waals surface area contributed by atoms with Gasteiger partial charge >= 0.3 is 0 Å². The van der Waals surface area contributed by atoms with Crippen molar-refractivity contribution < 1.29 is 0 Å².